The molecule has 0 atom stereocenters. The van der Waals surface area contributed by atoms with Crippen LogP contribution >= 0.6 is 11.5 Å². The summed E-state index contributed by atoms with van der Waals surface area (Å²) in [5, 5.41) is 6.89. The lowest BCUT2D eigenvalue weighted by molar-refractivity contribution is -0.286. The van der Waals surface area contributed by atoms with Crippen LogP contribution in [0.25, 0.3) is 11.4 Å². The van der Waals surface area contributed by atoms with Crippen LogP contribution in [0.15, 0.2) is 35.3 Å². The molecule has 11 heteroatoms. The van der Waals surface area contributed by atoms with Crippen molar-refractivity contribution < 1.29 is 23.0 Å². The molecule has 0 spiro atoms. The Bertz CT molecular complexity index is 1210. The van der Waals surface area contributed by atoms with E-state index in [9.17, 15) is 8.78 Å². The molecular formula is C21H19F2N5O3S. The normalized spacial score (nSPS) is 16.3. The van der Waals surface area contributed by atoms with Gasteiger partial charge in [-0.15, -0.1) is 8.78 Å². The first-order chi connectivity index (χ1) is 15.4. The number of fused-ring (bicyclic) bond motifs is 1. The second-order valence-corrected chi connectivity index (χ2v) is 8.10. The zero-order valence-corrected chi connectivity index (χ0v) is 18.1. The predicted molar refractivity (Wildman–Crippen MR) is 116 cm³/mol. The monoisotopic (exact) mass is 459 g/mol. The maximum atomic E-state index is 13.2. The Balaban J connectivity index is 1.33. The van der Waals surface area contributed by atoms with Crippen LogP contribution in [0.5, 0.6) is 22.4 Å². The van der Waals surface area contributed by atoms with E-state index in [0.717, 1.165) is 53.8 Å². The van der Waals surface area contributed by atoms with Crippen molar-refractivity contribution in [1.29, 1.82) is 0 Å². The first-order valence-electron chi connectivity index (χ1n) is 9.95. The van der Waals surface area contributed by atoms with E-state index in [4.69, 9.17) is 4.74 Å². The lowest BCUT2D eigenvalue weighted by Crippen LogP contribution is -2.35. The van der Waals surface area contributed by atoms with Gasteiger partial charge in [-0.2, -0.15) is 9.36 Å². The molecule has 3 aromatic rings. The molecule has 0 aliphatic carbocycles. The Morgan fingerprint density at radius 3 is 2.78 bits per heavy atom. The number of hydrogen-bond donors (Lipinski definition) is 2. The highest BCUT2D eigenvalue weighted by Gasteiger charge is 2.43. The topological polar surface area (TPSA) is 89.9 Å². The van der Waals surface area contributed by atoms with Crippen molar-refractivity contribution >= 4 is 23.2 Å². The molecule has 0 amide bonds. The van der Waals surface area contributed by atoms with Crippen molar-refractivity contribution in [3.63, 3.8) is 0 Å². The van der Waals surface area contributed by atoms with Crippen molar-refractivity contribution in [1.82, 2.24) is 14.7 Å². The Hall–Kier alpha value is -3.47. The number of nitrogens with zero attached hydrogens (tertiary/aromatic N) is 3. The molecule has 166 valence electrons. The Kier molecular flexibility index (Phi) is 5.04. The molecular weight excluding hydrogens is 440 g/mol. The summed E-state index contributed by atoms with van der Waals surface area (Å²) < 4.78 is 45.6. The minimum atomic E-state index is -3.67. The number of guanidine groups is 1. The highest BCUT2D eigenvalue weighted by atomic mass is 32.1. The number of aryl methyl sites for hydroxylation is 2. The highest BCUT2D eigenvalue weighted by Crippen LogP contribution is 2.43. The second-order valence-electron chi connectivity index (χ2n) is 7.38. The minimum Gasteiger partial charge on any atom is -0.430 e. The number of ether oxygens (including phenoxy) is 3. The van der Waals surface area contributed by atoms with Gasteiger partial charge in [0.25, 0.3) is 5.19 Å². The van der Waals surface area contributed by atoms with Gasteiger partial charge in [-0.25, -0.2) is 0 Å². The smallest absolute Gasteiger partial charge is 0.430 e. The summed E-state index contributed by atoms with van der Waals surface area (Å²) in [6.07, 6.45) is -2.64. The van der Waals surface area contributed by atoms with Crippen LogP contribution in [-0.2, 0) is 0 Å². The highest BCUT2D eigenvalue weighted by molar-refractivity contribution is 7.07. The first-order valence-corrected chi connectivity index (χ1v) is 10.7. The fourth-order valence-corrected chi connectivity index (χ4v) is 3.89. The lowest BCUT2D eigenvalue weighted by Gasteiger charge is -2.18. The fourth-order valence-electron chi connectivity index (χ4n) is 3.33. The third kappa shape index (κ3) is 4.15. The van der Waals surface area contributed by atoms with Gasteiger partial charge < -0.3 is 24.8 Å². The lowest BCUT2D eigenvalue weighted by atomic mass is 10.1. The number of nitrogens with one attached hydrogen (secondary N) is 2. The molecule has 0 saturated carbocycles. The zero-order chi connectivity index (χ0) is 22.3. The van der Waals surface area contributed by atoms with Crippen molar-refractivity contribution in [2.75, 3.05) is 18.4 Å². The average Bonchev–Trinajstić information content (AvgIpc) is 3.34. The third-order valence-electron chi connectivity index (χ3n) is 4.94. The van der Waals surface area contributed by atoms with Gasteiger partial charge in [0, 0.05) is 35.9 Å². The van der Waals surface area contributed by atoms with Crippen LogP contribution in [0.1, 0.15) is 17.5 Å². The van der Waals surface area contributed by atoms with Crippen molar-refractivity contribution in [2.24, 2.45) is 4.99 Å². The number of anilines is 1. The van der Waals surface area contributed by atoms with Crippen molar-refractivity contribution in [3.05, 3.63) is 41.5 Å². The molecule has 8 nitrogen and oxygen atoms in total. The van der Waals surface area contributed by atoms with E-state index < -0.39 is 6.29 Å². The number of aliphatic imine (C=N–C) groups is 1. The molecule has 0 unspecified atom stereocenters. The zero-order valence-electron chi connectivity index (χ0n) is 17.2. The van der Waals surface area contributed by atoms with Gasteiger partial charge >= 0.3 is 6.29 Å². The van der Waals surface area contributed by atoms with Gasteiger partial charge in [-0.05, 0) is 61.7 Å². The maximum absolute atomic E-state index is 13.2. The van der Waals surface area contributed by atoms with Gasteiger partial charge in [0.15, 0.2) is 23.3 Å². The predicted octanol–water partition coefficient (Wildman–Crippen LogP) is 4.70. The van der Waals surface area contributed by atoms with Crippen LogP contribution in [0.2, 0.25) is 0 Å². The van der Waals surface area contributed by atoms with Gasteiger partial charge in [0.2, 0.25) is 0 Å². The van der Waals surface area contributed by atoms with Crippen molar-refractivity contribution in [3.8, 4) is 33.8 Å². The van der Waals surface area contributed by atoms with E-state index in [2.05, 4.69) is 34.5 Å². The van der Waals surface area contributed by atoms with Crippen LogP contribution in [0.3, 0.4) is 0 Å². The molecule has 3 heterocycles. The molecule has 0 fully saturated rings. The van der Waals surface area contributed by atoms with E-state index >= 15 is 0 Å². The quantitative estimate of drug-likeness (QED) is 0.585. The van der Waals surface area contributed by atoms with E-state index in [1.54, 1.807) is 6.07 Å². The molecule has 32 heavy (non-hydrogen) atoms. The number of halogens is 2. The summed E-state index contributed by atoms with van der Waals surface area (Å²) >= 11 is 1.07. The van der Waals surface area contributed by atoms with Crippen LogP contribution in [0.4, 0.5) is 14.5 Å². The van der Waals surface area contributed by atoms with E-state index in [1.165, 1.54) is 12.1 Å². The second kappa shape index (κ2) is 7.90. The Morgan fingerprint density at radius 2 is 1.97 bits per heavy atom. The molecule has 2 N–H and O–H groups in total. The van der Waals surface area contributed by atoms with Crippen molar-refractivity contribution in [2.45, 2.75) is 26.6 Å². The molecule has 0 radical (unpaired) electrons. The van der Waals surface area contributed by atoms with Crippen LogP contribution < -0.4 is 24.8 Å². The minimum absolute atomic E-state index is 0.0281. The summed E-state index contributed by atoms with van der Waals surface area (Å²) in [5.74, 6) is 1.68. The summed E-state index contributed by atoms with van der Waals surface area (Å²) in [5.41, 5.74) is 3.36. The Morgan fingerprint density at radius 1 is 1.12 bits per heavy atom. The van der Waals surface area contributed by atoms with Crippen LogP contribution in [-0.4, -0.2) is 34.7 Å². The molecule has 2 aliphatic rings. The fraction of sp³-hybridized carbons (Fsp3) is 0.286. The maximum Gasteiger partial charge on any atom is 0.586 e. The first kappa shape index (κ1) is 20.4. The van der Waals surface area contributed by atoms with Gasteiger partial charge in [0.1, 0.15) is 5.75 Å². The largest absolute Gasteiger partial charge is 0.586 e. The average molecular weight is 459 g/mol. The molecule has 0 bridgehead atoms. The van der Waals surface area contributed by atoms with E-state index in [0.29, 0.717) is 22.3 Å². The molecule has 1 aromatic heterocycles. The Labute approximate surface area is 186 Å². The van der Waals surface area contributed by atoms with Gasteiger partial charge in [-0.3, -0.25) is 4.99 Å². The summed E-state index contributed by atoms with van der Waals surface area (Å²) in [7, 11) is 0. The molecule has 2 aromatic carbocycles. The standard InChI is InChI=1S/C21H19F2N5O3S/c1-11-9-16(12(2)8-14(11)26-19-24-6-3-7-25-19)29-20-27-18(28-32-20)13-4-5-15-17(10-13)31-21(22,23)30-15/h4-5,8-10H,3,6-7H2,1-2H3,(H2,24,25,26). The number of alkyl halides is 2. The van der Waals surface area contributed by atoms with E-state index in [1.807, 2.05) is 26.0 Å². The molecule has 5 rings (SSSR count). The number of benzene rings is 2. The van der Waals surface area contributed by atoms with Crippen LogP contribution in [0, 0.1) is 13.8 Å². The number of rotatable bonds is 4. The number of aromatic nitrogens is 2. The van der Waals surface area contributed by atoms with Gasteiger partial charge in [-0.1, -0.05) is 0 Å². The van der Waals surface area contributed by atoms with E-state index in [-0.39, 0.29) is 11.5 Å². The SMILES string of the molecule is Cc1cc(Oc2nc(-c3ccc4c(c3)OC(F)(F)O4)ns2)c(C)cc1NC1=NCCCN1. The summed E-state index contributed by atoms with van der Waals surface area (Å²) in [4.78, 5) is 8.82. The molecule has 2 aliphatic heterocycles. The van der Waals surface area contributed by atoms with Gasteiger partial charge in [0.05, 0.1) is 0 Å². The summed E-state index contributed by atoms with van der Waals surface area (Å²) in [6.45, 7) is 5.62. The number of hydrogen-bond acceptors (Lipinski definition) is 9. The third-order valence-corrected chi connectivity index (χ3v) is 5.53. The summed E-state index contributed by atoms with van der Waals surface area (Å²) in [6, 6.07) is 8.32. The molecule has 0 saturated heterocycles.